The average Bonchev–Trinajstić information content (AvgIpc) is 2.53. The maximum atomic E-state index is 4.59. The first-order valence-electron chi connectivity index (χ1n) is 6.71. The highest BCUT2D eigenvalue weighted by Gasteiger charge is 2.06. The predicted octanol–water partition coefficient (Wildman–Crippen LogP) is 3.30. The number of aromatic nitrogens is 3. The third-order valence-electron chi connectivity index (χ3n) is 3.23. The molecular weight excluding hydrogens is 248 g/mol. The molecule has 100 valence electrons. The minimum atomic E-state index is 0.809. The summed E-state index contributed by atoms with van der Waals surface area (Å²) in [6, 6.07) is 12.1. The fraction of sp³-hybridized carbons (Fsp3) is 0.188. The number of nitrogens with one attached hydrogen (secondary N) is 1. The van der Waals surface area contributed by atoms with Gasteiger partial charge in [-0.1, -0.05) is 25.1 Å². The van der Waals surface area contributed by atoms with Gasteiger partial charge in [0.25, 0.3) is 0 Å². The molecule has 4 heteroatoms. The SMILES string of the molecule is CCc1nc(NC)cc(-c2cnc3ccccc3c2)n1. The van der Waals surface area contributed by atoms with Crippen LogP contribution in [0.15, 0.2) is 42.6 Å². The topological polar surface area (TPSA) is 50.7 Å². The van der Waals surface area contributed by atoms with Crippen LogP contribution >= 0.6 is 0 Å². The number of para-hydroxylation sites is 1. The molecular formula is C16H16N4. The lowest BCUT2D eigenvalue weighted by molar-refractivity contribution is 0.944. The van der Waals surface area contributed by atoms with Crippen molar-refractivity contribution in [2.75, 3.05) is 12.4 Å². The molecule has 0 unspecified atom stereocenters. The molecule has 1 N–H and O–H groups in total. The molecule has 2 heterocycles. The molecule has 3 aromatic rings. The highest BCUT2D eigenvalue weighted by atomic mass is 15.0. The van der Waals surface area contributed by atoms with Gasteiger partial charge in [-0.3, -0.25) is 4.98 Å². The van der Waals surface area contributed by atoms with Crippen LogP contribution < -0.4 is 5.32 Å². The molecule has 0 atom stereocenters. The van der Waals surface area contributed by atoms with Crippen LogP contribution in [0, 0.1) is 0 Å². The average molecular weight is 264 g/mol. The summed E-state index contributed by atoms with van der Waals surface area (Å²) in [7, 11) is 1.87. The van der Waals surface area contributed by atoms with Crippen LogP contribution in [0.5, 0.6) is 0 Å². The second-order valence-electron chi connectivity index (χ2n) is 4.57. The zero-order valence-corrected chi connectivity index (χ0v) is 11.6. The summed E-state index contributed by atoms with van der Waals surface area (Å²) in [5, 5.41) is 4.20. The van der Waals surface area contributed by atoms with E-state index in [1.807, 2.05) is 37.5 Å². The number of hydrogen-bond acceptors (Lipinski definition) is 4. The van der Waals surface area contributed by atoms with Crippen molar-refractivity contribution in [3.8, 4) is 11.3 Å². The van der Waals surface area contributed by atoms with Crippen molar-refractivity contribution in [1.82, 2.24) is 15.0 Å². The first-order valence-corrected chi connectivity index (χ1v) is 6.71. The lowest BCUT2D eigenvalue weighted by atomic mass is 10.1. The molecule has 3 rings (SSSR count). The zero-order chi connectivity index (χ0) is 13.9. The van der Waals surface area contributed by atoms with E-state index in [2.05, 4.69) is 39.3 Å². The molecule has 1 aromatic carbocycles. The van der Waals surface area contributed by atoms with Gasteiger partial charge >= 0.3 is 0 Å². The van der Waals surface area contributed by atoms with Crippen LogP contribution in [0.1, 0.15) is 12.7 Å². The minimum Gasteiger partial charge on any atom is -0.373 e. The van der Waals surface area contributed by atoms with E-state index in [4.69, 9.17) is 0 Å². The van der Waals surface area contributed by atoms with Gasteiger partial charge < -0.3 is 5.32 Å². The number of aryl methyl sites for hydroxylation is 1. The Morgan fingerprint density at radius 1 is 1.10 bits per heavy atom. The van der Waals surface area contributed by atoms with Crippen LogP contribution in [0.25, 0.3) is 22.2 Å². The summed E-state index contributed by atoms with van der Waals surface area (Å²) < 4.78 is 0. The van der Waals surface area contributed by atoms with E-state index in [0.717, 1.165) is 40.2 Å². The molecule has 0 aliphatic heterocycles. The lowest BCUT2D eigenvalue weighted by Gasteiger charge is -2.07. The number of nitrogens with zero attached hydrogens (tertiary/aromatic N) is 3. The summed E-state index contributed by atoms with van der Waals surface area (Å²) in [6.45, 7) is 2.05. The van der Waals surface area contributed by atoms with Gasteiger partial charge in [0, 0.05) is 36.7 Å². The fourth-order valence-electron chi connectivity index (χ4n) is 2.14. The Bertz CT molecular complexity index is 730. The van der Waals surface area contributed by atoms with E-state index in [1.165, 1.54) is 0 Å². The molecule has 2 aromatic heterocycles. The molecule has 0 bridgehead atoms. The number of hydrogen-bond donors (Lipinski definition) is 1. The lowest BCUT2D eigenvalue weighted by Crippen LogP contribution is -2.00. The van der Waals surface area contributed by atoms with Crippen molar-refractivity contribution in [3.63, 3.8) is 0 Å². The number of anilines is 1. The molecule has 0 saturated carbocycles. The summed E-state index contributed by atoms with van der Waals surface area (Å²) >= 11 is 0. The zero-order valence-electron chi connectivity index (χ0n) is 11.6. The normalized spacial score (nSPS) is 10.7. The van der Waals surface area contributed by atoms with Gasteiger partial charge in [0.1, 0.15) is 11.6 Å². The van der Waals surface area contributed by atoms with Crippen molar-refractivity contribution in [2.24, 2.45) is 0 Å². The maximum Gasteiger partial charge on any atom is 0.131 e. The standard InChI is InChI=1S/C16H16N4/c1-3-15-19-14(9-16(17-2)20-15)12-8-11-6-4-5-7-13(11)18-10-12/h4-10H,3H2,1-2H3,(H,17,19,20). The number of fused-ring (bicyclic) bond motifs is 1. The monoisotopic (exact) mass is 264 g/mol. The van der Waals surface area contributed by atoms with Crippen LogP contribution in [-0.4, -0.2) is 22.0 Å². The predicted molar refractivity (Wildman–Crippen MR) is 81.7 cm³/mol. The third-order valence-corrected chi connectivity index (χ3v) is 3.23. The molecule has 0 spiro atoms. The van der Waals surface area contributed by atoms with Gasteiger partial charge in [-0.2, -0.15) is 0 Å². The number of pyridine rings is 1. The first kappa shape index (κ1) is 12.5. The highest BCUT2D eigenvalue weighted by molar-refractivity contribution is 5.83. The Kier molecular flexibility index (Phi) is 3.29. The van der Waals surface area contributed by atoms with Gasteiger partial charge in [-0.05, 0) is 12.1 Å². The van der Waals surface area contributed by atoms with Gasteiger partial charge in [0.15, 0.2) is 0 Å². The Labute approximate surface area is 117 Å². The molecule has 4 nitrogen and oxygen atoms in total. The van der Waals surface area contributed by atoms with Crippen LogP contribution in [0.4, 0.5) is 5.82 Å². The second-order valence-corrected chi connectivity index (χ2v) is 4.57. The second kappa shape index (κ2) is 5.25. The summed E-state index contributed by atoms with van der Waals surface area (Å²) in [5.74, 6) is 1.67. The smallest absolute Gasteiger partial charge is 0.131 e. The van der Waals surface area contributed by atoms with Crippen molar-refractivity contribution < 1.29 is 0 Å². The molecule has 0 saturated heterocycles. The van der Waals surface area contributed by atoms with Gasteiger partial charge in [0.05, 0.1) is 11.2 Å². The molecule has 0 fully saturated rings. The van der Waals surface area contributed by atoms with E-state index in [0.29, 0.717) is 0 Å². The summed E-state index contributed by atoms with van der Waals surface area (Å²) in [6.07, 6.45) is 2.67. The third kappa shape index (κ3) is 2.32. The van der Waals surface area contributed by atoms with Crippen LogP contribution in [0.3, 0.4) is 0 Å². The Balaban J connectivity index is 2.14. The van der Waals surface area contributed by atoms with E-state index in [-0.39, 0.29) is 0 Å². The minimum absolute atomic E-state index is 0.809. The van der Waals surface area contributed by atoms with E-state index < -0.39 is 0 Å². The highest BCUT2D eigenvalue weighted by Crippen LogP contribution is 2.23. The Morgan fingerprint density at radius 3 is 2.75 bits per heavy atom. The van der Waals surface area contributed by atoms with Crippen LogP contribution in [0.2, 0.25) is 0 Å². The Morgan fingerprint density at radius 2 is 1.95 bits per heavy atom. The fourth-order valence-corrected chi connectivity index (χ4v) is 2.14. The van der Waals surface area contributed by atoms with Gasteiger partial charge in [-0.15, -0.1) is 0 Å². The maximum absolute atomic E-state index is 4.59. The summed E-state index contributed by atoms with van der Waals surface area (Å²) in [4.78, 5) is 13.5. The quantitative estimate of drug-likeness (QED) is 0.788. The van der Waals surface area contributed by atoms with Crippen molar-refractivity contribution in [2.45, 2.75) is 13.3 Å². The van der Waals surface area contributed by atoms with Gasteiger partial charge in [-0.25, -0.2) is 9.97 Å². The van der Waals surface area contributed by atoms with E-state index in [1.54, 1.807) is 0 Å². The van der Waals surface area contributed by atoms with Crippen molar-refractivity contribution >= 4 is 16.7 Å². The molecule has 0 amide bonds. The molecule has 0 aliphatic rings. The molecule has 20 heavy (non-hydrogen) atoms. The number of rotatable bonds is 3. The molecule has 0 aliphatic carbocycles. The van der Waals surface area contributed by atoms with E-state index >= 15 is 0 Å². The van der Waals surface area contributed by atoms with Crippen molar-refractivity contribution in [3.05, 3.63) is 48.4 Å². The number of benzene rings is 1. The first-order chi connectivity index (χ1) is 9.80. The Hall–Kier alpha value is -2.49. The summed E-state index contributed by atoms with van der Waals surface area (Å²) in [5.41, 5.74) is 2.91. The van der Waals surface area contributed by atoms with Gasteiger partial charge in [0.2, 0.25) is 0 Å². The van der Waals surface area contributed by atoms with Crippen LogP contribution in [-0.2, 0) is 6.42 Å². The largest absolute Gasteiger partial charge is 0.373 e. The molecule has 0 radical (unpaired) electrons. The van der Waals surface area contributed by atoms with E-state index in [9.17, 15) is 0 Å². The van der Waals surface area contributed by atoms with Crippen molar-refractivity contribution in [1.29, 1.82) is 0 Å².